The highest BCUT2D eigenvalue weighted by Crippen LogP contribution is 2.23. The second-order valence-corrected chi connectivity index (χ2v) is 4.27. The smallest absolute Gasteiger partial charge is 0.234 e. The van der Waals surface area contributed by atoms with Crippen LogP contribution < -0.4 is 4.74 Å². The van der Waals surface area contributed by atoms with E-state index >= 15 is 0 Å². The first kappa shape index (κ1) is 9.87. The SMILES string of the molecule is C#CCOc1cc(S(=C)C)n(C)n1. The van der Waals surface area contributed by atoms with E-state index in [0.717, 1.165) is 5.03 Å². The molecule has 0 fully saturated rings. The number of ether oxygens (including phenoxy) is 1. The maximum atomic E-state index is 5.18. The van der Waals surface area contributed by atoms with Crippen molar-refractivity contribution in [3.8, 4) is 18.2 Å². The molecule has 0 aromatic carbocycles. The van der Waals surface area contributed by atoms with Gasteiger partial charge in [0.2, 0.25) is 5.88 Å². The molecule has 0 N–H and O–H groups in total. The number of rotatable bonds is 3. The molecule has 1 unspecified atom stereocenters. The van der Waals surface area contributed by atoms with Crippen molar-refractivity contribution in [3.05, 3.63) is 6.07 Å². The summed E-state index contributed by atoms with van der Waals surface area (Å²) in [6.45, 7) is 0.255. The Labute approximate surface area is 80.6 Å². The summed E-state index contributed by atoms with van der Waals surface area (Å²) in [5.41, 5.74) is 0. The van der Waals surface area contributed by atoms with E-state index in [0.29, 0.717) is 5.88 Å². The molecule has 13 heavy (non-hydrogen) atoms. The van der Waals surface area contributed by atoms with Crippen molar-refractivity contribution in [1.29, 1.82) is 0 Å². The molecule has 0 radical (unpaired) electrons. The van der Waals surface area contributed by atoms with Crippen LogP contribution >= 0.6 is 10.5 Å². The number of hydrogen-bond donors (Lipinski definition) is 0. The molecule has 4 heteroatoms. The highest BCUT2D eigenvalue weighted by atomic mass is 32.2. The average molecular weight is 196 g/mol. The molecular weight excluding hydrogens is 184 g/mol. The van der Waals surface area contributed by atoms with Crippen molar-refractivity contribution in [2.75, 3.05) is 12.9 Å². The van der Waals surface area contributed by atoms with Gasteiger partial charge in [-0.25, -0.2) is 0 Å². The molecule has 0 amide bonds. The molecule has 1 atom stereocenters. The number of nitrogens with zero attached hydrogens (tertiary/aromatic N) is 2. The van der Waals surface area contributed by atoms with Crippen LogP contribution in [0.2, 0.25) is 0 Å². The zero-order chi connectivity index (χ0) is 9.84. The van der Waals surface area contributed by atoms with Crippen LogP contribution in [0, 0.1) is 12.3 Å². The number of aryl methyl sites for hydroxylation is 1. The average Bonchev–Trinajstić information content (AvgIpc) is 2.43. The van der Waals surface area contributed by atoms with Gasteiger partial charge in [0, 0.05) is 13.1 Å². The van der Waals surface area contributed by atoms with Crippen LogP contribution in [-0.2, 0) is 7.05 Å². The minimum Gasteiger partial charge on any atom is -0.463 e. The number of aromatic nitrogens is 2. The monoisotopic (exact) mass is 196 g/mol. The summed E-state index contributed by atoms with van der Waals surface area (Å²) < 4.78 is 6.94. The maximum Gasteiger partial charge on any atom is 0.234 e. The summed E-state index contributed by atoms with van der Waals surface area (Å²) in [5.74, 6) is 6.89. The van der Waals surface area contributed by atoms with Crippen LogP contribution in [0.1, 0.15) is 0 Å². The molecular formula is C9H12N2OS. The number of hydrogen-bond acceptors (Lipinski definition) is 2. The Morgan fingerprint density at radius 3 is 3.00 bits per heavy atom. The van der Waals surface area contributed by atoms with E-state index < -0.39 is 0 Å². The molecule has 0 saturated heterocycles. The van der Waals surface area contributed by atoms with E-state index in [2.05, 4.69) is 16.9 Å². The maximum absolute atomic E-state index is 5.18. The van der Waals surface area contributed by atoms with Gasteiger partial charge in [-0.3, -0.25) is 4.68 Å². The standard InChI is InChI=1S/C9H12N2OS/c1-5-6-12-8-7-9(13(3)4)11(2)10-8/h1,7H,3,6H2,2,4H3. The Balaban J connectivity index is 2.84. The summed E-state index contributed by atoms with van der Waals surface area (Å²) >= 11 is 0. The quantitative estimate of drug-likeness (QED) is 0.535. The van der Waals surface area contributed by atoms with E-state index in [1.165, 1.54) is 0 Å². The van der Waals surface area contributed by atoms with Crippen molar-refractivity contribution in [2.45, 2.75) is 5.03 Å². The lowest BCUT2D eigenvalue weighted by Gasteiger charge is -1.97. The van der Waals surface area contributed by atoms with Gasteiger partial charge in [0.15, 0.2) is 6.61 Å². The molecule has 0 saturated carbocycles. The summed E-state index contributed by atoms with van der Waals surface area (Å²) in [6.07, 6.45) is 7.09. The first-order valence-corrected chi connectivity index (χ1v) is 5.51. The van der Waals surface area contributed by atoms with Crippen LogP contribution in [-0.4, -0.2) is 28.5 Å². The first-order chi connectivity index (χ1) is 6.15. The predicted molar refractivity (Wildman–Crippen MR) is 56.4 cm³/mol. The lowest BCUT2D eigenvalue weighted by atomic mass is 10.7. The molecule has 0 bridgehead atoms. The minimum atomic E-state index is -0.0564. The van der Waals surface area contributed by atoms with Crippen molar-refractivity contribution >= 4 is 16.4 Å². The topological polar surface area (TPSA) is 27.1 Å². The summed E-state index contributed by atoms with van der Waals surface area (Å²) in [5, 5.41) is 5.20. The molecule has 3 nitrogen and oxygen atoms in total. The Kier molecular flexibility index (Phi) is 3.15. The van der Waals surface area contributed by atoms with Crippen molar-refractivity contribution in [1.82, 2.24) is 9.78 Å². The molecule has 0 spiro atoms. The van der Waals surface area contributed by atoms with Crippen LogP contribution in [0.25, 0.3) is 0 Å². The minimum absolute atomic E-state index is 0.0564. The van der Waals surface area contributed by atoms with Crippen LogP contribution in [0.4, 0.5) is 0 Å². The second-order valence-electron chi connectivity index (χ2n) is 2.57. The van der Waals surface area contributed by atoms with Gasteiger partial charge in [-0.05, 0) is 6.26 Å². The molecule has 1 heterocycles. The fraction of sp³-hybridized carbons (Fsp3) is 0.333. The van der Waals surface area contributed by atoms with Crippen LogP contribution in [0.15, 0.2) is 11.1 Å². The zero-order valence-corrected chi connectivity index (χ0v) is 8.60. The molecule has 0 aliphatic carbocycles. The molecule has 70 valence electrons. The fourth-order valence-corrected chi connectivity index (χ4v) is 1.73. The zero-order valence-electron chi connectivity index (χ0n) is 7.78. The van der Waals surface area contributed by atoms with E-state index in [1.54, 1.807) is 4.68 Å². The van der Waals surface area contributed by atoms with Gasteiger partial charge in [-0.15, -0.1) is 22.0 Å². The highest BCUT2D eigenvalue weighted by molar-refractivity contribution is 8.13. The first-order valence-electron chi connectivity index (χ1n) is 3.71. The molecule has 1 aromatic rings. The van der Waals surface area contributed by atoms with Crippen molar-refractivity contribution < 1.29 is 4.74 Å². The fourth-order valence-electron chi connectivity index (χ4n) is 0.937. The largest absolute Gasteiger partial charge is 0.463 e. The predicted octanol–water partition coefficient (Wildman–Crippen LogP) is 1.12. The third-order valence-corrected chi connectivity index (χ3v) is 2.57. The van der Waals surface area contributed by atoms with Gasteiger partial charge in [0.1, 0.15) is 0 Å². The van der Waals surface area contributed by atoms with Crippen LogP contribution in [0.3, 0.4) is 0 Å². The molecule has 1 aromatic heterocycles. The van der Waals surface area contributed by atoms with E-state index in [-0.39, 0.29) is 17.1 Å². The van der Waals surface area contributed by atoms with Gasteiger partial charge >= 0.3 is 0 Å². The molecule has 1 rings (SSSR count). The Morgan fingerprint density at radius 2 is 2.54 bits per heavy atom. The highest BCUT2D eigenvalue weighted by Gasteiger charge is 2.04. The van der Waals surface area contributed by atoms with Crippen molar-refractivity contribution in [2.24, 2.45) is 7.05 Å². The van der Waals surface area contributed by atoms with E-state index in [4.69, 9.17) is 11.2 Å². The lowest BCUT2D eigenvalue weighted by Crippen LogP contribution is -1.96. The van der Waals surface area contributed by atoms with Crippen molar-refractivity contribution in [3.63, 3.8) is 0 Å². The number of terminal acetylenes is 1. The molecule has 0 aliphatic heterocycles. The Bertz CT molecular complexity index is 362. The van der Waals surface area contributed by atoms with E-state index in [1.807, 2.05) is 19.4 Å². The van der Waals surface area contributed by atoms with Gasteiger partial charge in [0.05, 0.1) is 5.03 Å². The molecule has 0 aliphatic rings. The normalized spacial score (nSPS) is 12.1. The summed E-state index contributed by atoms with van der Waals surface area (Å²) in [7, 11) is 1.81. The summed E-state index contributed by atoms with van der Waals surface area (Å²) in [4.78, 5) is 0. The van der Waals surface area contributed by atoms with Gasteiger partial charge in [-0.2, -0.15) is 0 Å². The van der Waals surface area contributed by atoms with E-state index in [9.17, 15) is 0 Å². The second kappa shape index (κ2) is 4.15. The Morgan fingerprint density at radius 1 is 1.85 bits per heavy atom. The van der Waals surface area contributed by atoms with Crippen LogP contribution in [0.5, 0.6) is 5.88 Å². The third kappa shape index (κ3) is 2.36. The van der Waals surface area contributed by atoms with Gasteiger partial charge < -0.3 is 4.74 Å². The Hall–Kier alpha value is -1.21. The van der Waals surface area contributed by atoms with Gasteiger partial charge in [-0.1, -0.05) is 11.8 Å². The lowest BCUT2D eigenvalue weighted by molar-refractivity contribution is 0.351. The van der Waals surface area contributed by atoms with Gasteiger partial charge in [0.25, 0.3) is 0 Å². The third-order valence-electron chi connectivity index (χ3n) is 1.47. The summed E-state index contributed by atoms with van der Waals surface area (Å²) in [6, 6.07) is 1.87.